The van der Waals surface area contributed by atoms with E-state index in [0.717, 1.165) is 12.1 Å². The molecule has 0 bridgehead atoms. The van der Waals surface area contributed by atoms with Crippen LogP contribution in [0.3, 0.4) is 0 Å². The second kappa shape index (κ2) is 5.65. The summed E-state index contributed by atoms with van der Waals surface area (Å²) in [7, 11) is -0.0966. The maximum atomic E-state index is 5.72. The quantitative estimate of drug-likeness (QED) is 0.407. The van der Waals surface area contributed by atoms with E-state index in [4.69, 9.17) is 33.2 Å². The van der Waals surface area contributed by atoms with Gasteiger partial charge in [-0.15, -0.1) is 38.9 Å². The summed E-state index contributed by atoms with van der Waals surface area (Å²) in [6.07, 6.45) is 0. The molecule has 0 aliphatic carbocycles. The second-order valence-corrected chi connectivity index (χ2v) is 13.8. The van der Waals surface area contributed by atoms with Crippen LogP contribution in [0.1, 0.15) is 13.8 Å². The molecule has 5 heteroatoms. The minimum Gasteiger partial charge on any atom is -0.126 e. The van der Waals surface area contributed by atoms with Crippen molar-refractivity contribution in [3.05, 3.63) is 11.3 Å². The Balaban J connectivity index is 3.36. The van der Waals surface area contributed by atoms with Gasteiger partial charge in [-0.1, -0.05) is 11.6 Å². The summed E-state index contributed by atoms with van der Waals surface area (Å²) in [5, 5.41) is 0. The van der Waals surface area contributed by atoms with E-state index in [2.05, 4.69) is 19.5 Å². The fraction of sp³-hybridized carbons (Fsp3) is 0.667. The summed E-state index contributed by atoms with van der Waals surface area (Å²) >= 11 is 17.2. The van der Waals surface area contributed by atoms with Gasteiger partial charge in [0.1, 0.15) is 0 Å². The lowest BCUT2D eigenvalue weighted by Gasteiger charge is -2.04. The Bertz CT molecular complexity index is 135. The minimum absolute atomic E-state index is 0.0966. The van der Waals surface area contributed by atoms with E-state index in [9.17, 15) is 0 Å². The van der Waals surface area contributed by atoms with E-state index < -0.39 is 6.00 Å². The van der Waals surface area contributed by atoms with E-state index in [1.165, 1.54) is 5.57 Å². The van der Waals surface area contributed by atoms with Crippen molar-refractivity contribution in [2.45, 2.75) is 25.9 Å². The first kappa shape index (κ1) is 12.0. The number of allylic oxidation sites excluding steroid dienone is 1. The van der Waals surface area contributed by atoms with Crippen LogP contribution in [0.4, 0.5) is 0 Å². The Hall–Kier alpha value is 1.04. The molecule has 66 valence electrons. The third-order valence-corrected chi connectivity index (χ3v) is 6.41. The predicted octanol–water partition coefficient (Wildman–Crippen LogP) is 3.15. The highest BCUT2D eigenvalue weighted by atomic mass is 35.8. The summed E-state index contributed by atoms with van der Waals surface area (Å²) in [6.45, 7) is 4.22. The lowest BCUT2D eigenvalue weighted by atomic mass is 10.4. The Morgan fingerprint density at radius 2 is 1.91 bits per heavy atom. The molecular weight excluding hydrogens is 235 g/mol. The molecule has 0 rings (SSSR count). The van der Waals surface area contributed by atoms with Gasteiger partial charge in [0, 0.05) is 9.52 Å². The molecule has 0 unspecified atom stereocenters. The molecular formula is C6H13Cl3Si2. The summed E-state index contributed by atoms with van der Waals surface area (Å²) in [5.74, 6) is 0. The van der Waals surface area contributed by atoms with Crippen molar-refractivity contribution in [2.24, 2.45) is 0 Å². The van der Waals surface area contributed by atoms with Gasteiger partial charge in [-0.3, -0.25) is 0 Å². The van der Waals surface area contributed by atoms with Crippen LogP contribution in [-0.2, 0) is 0 Å². The fourth-order valence-electron chi connectivity index (χ4n) is 0.693. The van der Waals surface area contributed by atoms with Crippen LogP contribution in [-0.4, -0.2) is 15.5 Å². The predicted molar refractivity (Wildman–Crippen MR) is 60.9 cm³/mol. The Labute approximate surface area is 85.9 Å². The zero-order chi connectivity index (χ0) is 8.91. The van der Waals surface area contributed by atoms with E-state index >= 15 is 0 Å². The van der Waals surface area contributed by atoms with Gasteiger partial charge in [0.05, 0.1) is 0 Å². The van der Waals surface area contributed by atoms with Gasteiger partial charge in [-0.25, -0.2) is 0 Å². The van der Waals surface area contributed by atoms with Crippen molar-refractivity contribution >= 4 is 48.8 Å². The van der Waals surface area contributed by atoms with Gasteiger partial charge in [0.25, 0.3) is 0 Å². The van der Waals surface area contributed by atoms with Crippen molar-refractivity contribution in [3.63, 3.8) is 0 Å². The van der Waals surface area contributed by atoms with Gasteiger partial charge in [-0.05, 0) is 19.9 Å². The van der Waals surface area contributed by atoms with E-state index in [1.807, 2.05) is 0 Å². The third kappa shape index (κ3) is 11.0. The molecule has 0 aromatic heterocycles. The third-order valence-electron chi connectivity index (χ3n) is 1.22. The lowest BCUT2D eigenvalue weighted by molar-refractivity contribution is 1.38. The molecule has 0 N–H and O–H groups in total. The van der Waals surface area contributed by atoms with Crippen molar-refractivity contribution < 1.29 is 0 Å². The van der Waals surface area contributed by atoms with Gasteiger partial charge >= 0.3 is 6.00 Å². The highest BCUT2D eigenvalue weighted by Crippen LogP contribution is 2.26. The average Bonchev–Trinajstić information content (AvgIpc) is 1.78. The number of rotatable bonds is 4. The Morgan fingerprint density at radius 3 is 2.27 bits per heavy atom. The zero-order valence-electron chi connectivity index (χ0n) is 6.83. The van der Waals surface area contributed by atoms with Crippen LogP contribution in [0, 0.1) is 0 Å². The van der Waals surface area contributed by atoms with Crippen LogP contribution in [0.25, 0.3) is 0 Å². The van der Waals surface area contributed by atoms with Crippen LogP contribution in [0.2, 0.25) is 12.1 Å². The molecule has 0 aromatic carbocycles. The molecule has 0 saturated carbocycles. The molecule has 0 aliphatic heterocycles. The Kier molecular flexibility index (Phi) is 6.18. The first-order chi connectivity index (χ1) is 4.92. The summed E-state index contributed by atoms with van der Waals surface area (Å²) < 4.78 is 0. The molecule has 0 amide bonds. The van der Waals surface area contributed by atoms with Crippen LogP contribution >= 0.6 is 33.2 Å². The SMILES string of the molecule is CC(C)=C[SiH2]CC[Si](Cl)(Cl)Cl. The Morgan fingerprint density at radius 1 is 1.36 bits per heavy atom. The van der Waals surface area contributed by atoms with Crippen LogP contribution in [0.5, 0.6) is 0 Å². The largest absolute Gasteiger partial charge is 0.341 e. The van der Waals surface area contributed by atoms with Crippen LogP contribution < -0.4 is 0 Å². The molecule has 0 aromatic rings. The number of hydrogen-bond acceptors (Lipinski definition) is 0. The lowest BCUT2D eigenvalue weighted by Crippen LogP contribution is -2.08. The van der Waals surface area contributed by atoms with E-state index in [-0.39, 0.29) is 9.52 Å². The van der Waals surface area contributed by atoms with Gasteiger partial charge < -0.3 is 0 Å². The molecule has 0 atom stereocenters. The van der Waals surface area contributed by atoms with E-state index in [1.54, 1.807) is 0 Å². The smallest absolute Gasteiger partial charge is 0.126 e. The molecule has 11 heavy (non-hydrogen) atoms. The molecule has 0 aliphatic rings. The zero-order valence-corrected chi connectivity index (χ0v) is 11.5. The maximum absolute atomic E-state index is 5.72. The molecule has 0 saturated heterocycles. The summed E-state index contributed by atoms with van der Waals surface area (Å²) in [6, 6.07) is -0.347. The van der Waals surface area contributed by atoms with Gasteiger partial charge in [-0.2, -0.15) is 0 Å². The summed E-state index contributed by atoms with van der Waals surface area (Å²) in [4.78, 5) is 0. The average molecular weight is 248 g/mol. The van der Waals surface area contributed by atoms with Gasteiger partial charge in [0.2, 0.25) is 0 Å². The number of halogens is 3. The molecule has 0 heterocycles. The standard InChI is InChI=1S/C6H13Cl3Si2/c1-6(2)5-10-3-4-11(7,8)9/h5H,3-4,10H2,1-2H3. The van der Waals surface area contributed by atoms with Crippen LogP contribution in [0.15, 0.2) is 11.3 Å². The van der Waals surface area contributed by atoms with Crippen molar-refractivity contribution in [3.8, 4) is 0 Å². The second-order valence-electron chi connectivity index (χ2n) is 2.79. The molecule has 0 radical (unpaired) electrons. The van der Waals surface area contributed by atoms with Crippen molar-refractivity contribution in [1.29, 1.82) is 0 Å². The molecule has 0 fully saturated rings. The normalized spacial score (nSPS) is 12.5. The first-order valence-corrected chi connectivity index (χ1v) is 10.7. The van der Waals surface area contributed by atoms with Gasteiger partial charge in [0.15, 0.2) is 0 Å². The minimum atomic E-state index is -2.31. The molecule has 0 nitrogen and oxygen atoms in total. The maximum Gasteiger partial charge on any atom is 0.341 e. The van der Waals surface area contributed by atoms with E-state index in [0.29, 0.717) is 0 Å². The fourth-order valence-corrected chi connectivity index (χ4v) is 7.50. The van der Waals surface area contributed by atoms with Crippen molar-refractivity contribution in [1.82, 2.24) is 0 Å². The first-order valence-electron chi connectivity index (χ1n) is 3.62. The molecule has 0 spiro atoms. The highest BCUT2D eigenvalue weighted by Gasteiger charge is 2.23. The summed E-state index contributed by atoms with van der Waals surface area (Å²) in [5.41, 5.74) is 3.70. The topological polar surface area (TPSA) is 0 Å². The highest BCUT2D eigenvalue weighted by molar-refractivity contribution is 7.64. The monoisotopic (exact) mass is 246 g/mol. The number of hydrogen-bond donors (Lipinski definition) is 0. The van der Waals surface area contributed by atoms with Crippen molar-refractivity contribution in [2.75, 3.05) is 0 Å².